The number of aryl methyl sites for hydroxylation is 1. The Balaban J connectivity index is 1.36. The zero-order valence-corrected chi connectivity index (χ0v) is 14.6. The summed E-state index contributed by atoms with van der Waals surface area (Å²) in [6, 6.07) is 8.88. The average Bonchev–Trinajstić information content (AvgIpc) is 3.37. The molecule has 3 rings (SSSR count). The van der Waals surface area contributed by atoms with Crippen molar-refractivity contribution in [3.8, 4) is 0 Å². The number of rotatable bonds is 6. The van der Waals surface area contributed by atoms with E-state index in [4.69, 9.17) is 0 Å². The Labute approximate surface area is 141 Å². The highest BCUT2D eigenvalue weighted by Crippen LogP contribution is 2.28. The first-order chi connectivity index (χ1) is 10.7. The lowest BCUT2D eigenvalue weighted by Gasteiger charge is -2.32. The number of carbonyl (C=O) groups is 1. The molecule has 3 nitrogen and oxygen atoms in total. The van der Waals surface area contributed by atoms with Crippen LogP contribution >= 0.6 is 15.9 Å². The van der Waals surface area contributed by atoms with Crippen LogP contribution in [0.2, 0.25) is 0 Å². The van der Waals surface area contributed by atoms with Crippen LogP contribution in [0.4, 0.5) is 0 Å². The number of carbonyl (C=O) groups excluding carboxylic acids is 1. The van der Waals surface area contributed by atoms with Crippen molar-refractivity contribution in [3.63, 3.8) is 0 Å². The highest BCUT2D eigenvalue weighted by molar-refractivity contribution is 9.10. The fourth-order valence-electron chi connectivity index (χ4n) is 3.05. The maximum Gasteiger partial charge on any atom is 0.222 e. The van der Waals surface area contributed by atoms with Crippen molar-refractivity contribution in [3.05, 3.63) is 34.3 Å². The molecule has 22 heavy (non-hydrogen) atoms. The van der Waals surface area contributed by atoms with Gasteiger partial charge in [-0.1, -0.05) is 28.1 Å². The predicted molar refractivity (Wildman–Crippen MR) is 92.8 cm³/mol. The highest BCUT2D eigenvalue weighted by atomic mass is 79.9. The number of likely N-dealkylation sites (tertiary alicyclic amines) is 1. The van der Waals surface area contributed by atoms with Crippen molar-refractivity contribution < 1.29 is 4.79 Å². The number of nitrogens with one attached hydrogen (secondary N) is 1. The molecule has 120 valence electrons. The lowest BCUT2D eigenvalue weighted by atomic mass is 10.0. The highest BCUT2D eigenvalue weighted by Gasteiger charge is 2.25. The second-order valence-electron chi connectivity index (χ2n) is 6.63. The second kappa shape index (κ2) is 7.60. The van der Waals surface area contributed by atoms with Gasteiger partial charge >= 0.3 is 0 Å². The zero-order valence-electron chi connectivity index (χ0n) is 13.1. The van der Waals surface area contributed by atoms with Crippen LogP contribution in [0.15, 0.2) is 28.7 Å². The normalized spacial score (nSPS) is 19.4. The molecule has 2 aliphatic rings. The minimum absolute atomic E-state index is 0.309. The van der Waals surface area contributed by atoms with Gasteiger partial charge in [-0.05, 0) is 62.3 Å². The smallest absolute Gasteiger partial charge is 0.222 e. The summed E-state index contributed by atoms with van der Waals surface area (Å²) in [5, 5.41) is 3.66. The van der Waals surface area contributed by atoms with Crippen LogP contribution in [-0.2, 0) is 11.2 Å². The van der Waals surface area contributed by atoms with E-state index in [0.29, 0.717) is 18.4 Å². The summed E-state index contributed by atoms with van der Waals surface area (Å²) in [4.78, 5) is 14.4. The van der Waals surface area contributed by atoms with Gasteiger partial charge in [0.2, 0.25) is 5.91 Å². The van der Waals surface area contributed by atoms with Gasteiger partial charge in [0.05, 0.1) is 0 Å². The topological polar surface area (TPSA) is 32.3 Å². The van der Waals surface area contributed by atoms with E-state index in [2.05, 4.69) is 33.4 Å². The van der Waals surface area contributed by atoms with E-state index in [1.165, 1.54) is 24.9 Å². The Morgan fingerprint density at radius 3 is 2.45 bits per heavy atom. The minimum atomic E-state index is 0.309. The second-order valence-corrected chi connectivity index (χ2v) is 7.55. The molecule has 1 amide bonds. The molecule has 1 saturated carbocycles. The van der Waals surface area contributed by atoms with Crippen molar-refractivity contribution in [2.75, 3.05) is 19.6 Å². The molecule has 1 aliphatic heterocycles. The molecule has 0 unspecified atom stereocenters. The van der Waals surface area contributed by atoms with E-state index in [1.807, 2.05) is 17.0 Å². The summed E-state index contributed by atoms with van der Waals surface area (Å²) in [5.74, 6) is 1.24. The van der Waals surface area contributed by atoms with Gasteiger partial charge in [-0.3, -0.25) is 4.79 Å². The summed E-state index contributed by atoms with van der Waals surface area (Å²) < 4.78 is 1.09. The van der Waals surface area contributed by atoms with E-state index in [1.54, 1.807) is 0 Å². The van der Waals surface area contributed by atoms with Gasteiger partial charge in [0.15, 0.2) is 0 Å². The lowest BCUT2D eigenvalue weighted by Crippen LogP contribution is -2.45. The van der Waals surface area contributed by atoms with Crippen LogP contribution in [0.25, 0.3) is 0 Å². The number of benzene rings is 1. The molecule has 0 spiro atoms. The first-order valence-corrected chi connectivity index (χ1v) is 9.25. The molecule has 1 aliphatic carbocycles. The molecule has 0 bridgehead atoms. The largest absolute Gasteiger partial charge is 0.343 e. The quantitative estimate of drug-likeness (QED) is 0.838. The number of piperidine rings is 1. The first kappa shape index (κ1) is 16.0. The van der Waals surface area contributed by atoms with Gasteiger partial charge < -0.3 is 10.2 Å². The minimum Gasteiger partial charge on any atom is -0.343 e. The Kier molecular flexibility index (Phi) is 5.53. The summed E-state index contributed by atoms with van der Waals surface area (Å²) >= 11 is 3.44. The number of amides is 1. The van der Waals surface area contributed by atoms with Crippen molar-refractivity contribution in [1.82, 2.24) is 10.2 Å². The van der Waals surface area contributed by atoms with E-state index in [9.17, 15) is 4.79 Å². The molecule has 1 aromatic carbocycles. The fourth-order valence-corrected chi connectivity index (χ4v) is 3.31. The molecule has 1 heterocycles. The van der Waals surface area contributed by atoms with Crippen LogP contribution in [0.1, 0.15) is 37.7 Å². The summed E-state index contributed by atoms with van der Waals surface area (Å²) in [7, 11) is 0. The third-order valence-electron chi connectivity index (χ3n) is 4.78. The van der Waals surface area contributed by atoms with Gasteiger partial charge in [0.25, 0.3) is 0 Å². The van der Waals surface area contributed by atoms with Crippen LogP contribution in [0.3, 0.4) is 0 Å². The van der Waals surface area contributed by atoms with Gasteiger partial charge in [-0.15, -0.1) is 0 Å². The fraction of sp³-hybridized carbons (Fsp3) is 0.611. The SMILES string of the molecule is O=C(CCc1ccc(Br)cc1)N1CCC(NCC2CC2)CC1. The van der Waals surface area contributed by atoms with Gasteiger partial charge in [0.1, 0.15) is 0 Å². The van der Waals surface area contributed by atoms with E-state index in [0.717, 1.165) is 42.7 Å². The van der Waals surface area contributed by atoms with E-state index >= 15 is 0 Å². The van der Waals surface area contributed by atoms with Gasteiger partial charge in [-0.2, -0.15) is 0 Å². The molecule has 1 aromatic rings. The maximum atomic E-state index is 12.3. The van der Waals surface area contributed by atoms with Crippen molar-refractivity contribution in [2.45, 2.75) is 44.6 Å². The lowest BCUT2D eigenvalue weighted by molar-refractivity contribution is -0.132. The molecular formula is C18H25BrN2O. The third kappa shape index (κ3) is 4.82. The Hall–Kier alpha value is -0.870. The molecule has 4 heteroatoms. The maximum absolute atomic E-state index is 12.3. The first-order valence-electron chi connectivity index (χ1n) is 8.46. The Morgan fingerprint density at radius 2 is 1.82 bits per heavy atom. The summed E-state index contributed by atoms with van der Waals surface area (Å²) in [6.07, 6.45) is 6.49. The number of halogens is 1. The molecule has 0 atom stereocenters. The zero-order chi connectivity index (χ0) is 15.4. The van der Waals surface area contributed by atoms with Crippen LogP contribution < -0.4 is 5.32 Å². The Bertz CT molecular complexity index is 490. The van der Waals surface area contributed by atoms with Crippen molar-refractivity contribution in [1.29, 1.82) is 0 Å². The monoisotopic (exact) mass is 364 g/mol. The molecule has 0 aromatic heterocycles. The molecular weight excluding hydrogens is 340 g/mol. The van der Waals surface area contributed by atoms with Crippen molar-refractivity contribution >= 4 is 21.8 Å². The number of hydrogen-bond donors (Lipinski definition) is 1. The Morgan fingerprint density at radius 1 is 1.14 bits per heavy atom. The predicted octanol–water partition coefficient (Wildman–Crippen LogP) is 3.37. The van der Waals surface area contributed by atoms with E-state index < -0.39 is 0 Å². The van der Waals surface area contributed by atoms with Crippen LogP contribution in [0.5, 0.6) is 0 Å². The van der Waals surface area contributed by atoms with Crippen LogP contribution in [0, 0.1) is 5.92 Å². The van der Waals surface area contributed by atoms with Gasteiger partial charge in [-0.25, -0.2) is 0 Å². The van der Waals surface area contributed by atoms with E-state index in [-0.39, 0.29) is 0 Å². The summed E-state index contributed by atoms with van der Waals surface area (Å²) in [6.45, 7) is 3.02. The number of hydrogen-bond acceptors (Lipinski definition) is 2. The summed E-state index contributed by atoms with van der Waals surface area (Å²) in [5.41, 5.74) is 1.23. The molecule has 1 saturated heterocycles. The number of nitrogens with zero attached hydrogens (tertiary/aromatic N) is 1. The molecule has 1 N–H and O–H groups in total. The average molecular weight is 365 g/mol. The van der Waals surface area contributed by atoms with Gasteiger partial charge in [0, 0.05) is 30.0 Å². The standard InChI is InChI=1S/C18H25BrN2O/c19-16-6-3-14(4-7-16)5-8-18(22)21-11-9-17(10-12-21)20-13-15-1-2-15/h3-4,6-7,15,17,20H,1-2,5,8-13H2. The van der Waals surface area contributed by atoms with Crippen LogP contribution in [-0.4, -0.2) is 36.5 Å². The third-order valence-corrected chi connectivity index (χ3v) is 5.31. The molecule has 0 radical (unpaired) electrons. The molecule has 2 fully saturated rings. The van der Waals surface area contributed by atoms with Crippen molar-refractivity contribution in [2.24, 2.45) is 5.92 Å².